The first-order chi connectivity index (χ1) is 19.8. The molecule has 3 heterocycles. The number of hydrogen-bond donors (Lipinski definition) is 10. The van der Waals surface area contributed by atoms with Crippen molar-refractivity contribution in [1.29, 1.82) is 0 Å². The van der Waals surface area contributed by atoms with Gasteiger partial charge in [0.05, 0.1) is 70.9 Å². The van der Waals surface area contributed by atoms with Gasteiger partial charge in [-0.15, -0.1) is 0 Å². The van der Waals surface area contributed by atoms with Crippen LogP contribution in [0.2, 0.25) is 0 Å². The van der Waals surface area contributed by atoms with Crippen LogP contribution in [0, 0.1) is 10.8 Å². The summed E-state index contributed by atoms with van der Waals surface area (Å²) in [5.74, 6) is -2.09. The number of rotatable bonds is 17. The minimum atomic E-state index is -1.11. The SMILES string of the molecule is CCC(CO)(CO)CO.O=C(O)CCN1CC1.O=C(O)CCN1CC1.O=C(O)CCN1CC1.OCC(CO)(CO)CO. The monoisotopic (exact) mass is 615 g/mol. The molecule has 0 amide bonds. The van der Waals surface area contributed by atoms with Crippen molar-refractivity contribution < 1.29 is 65.4 Å². The van der Waals surface area contributed by atoms with Crippen LogP contribution in [0.3, 0.4) is 0 Å². The zero-order chi connectivity index (χ0) is 32.6. The van der Waals surface area contributed by atoms with E-state index in [1.165, 1.54) is 0 Å². The highest BCUT2D eigenvalue weighted by molar-refractivity contribution is 5.67. The molecule has 3 rings (SSSR count). The van der Waals surface area contributed by atoms with Gasteiger partial charge in [0.2, 0.25) is 0 Å². The number of carboxylic acid groups (broad SMARTS) is 3. The number of carbonyl (C=O) groups is 3. The van der Waals surface area contributed by atoms with E-state index in [9.17, 15) is 14.4 Å². The second-order valence-electron chi connectivity index (χ2n) is 10.4. The van der Waals surface area contributed by atoms with Crippen molar-refractivity contribution in [1.82, 2.24) is 14.7 Å². The summed E-state index contributed by atoms with van der Waals surface area (Å²) in [6.45, 7) is 8.47. The Hall–Kier alpha value is -1.99. The Kier molecular flexibility index (Phi) is 24.5. The average Bonchev–Trinajstić information content (AvgIpc) is 3.84. The van der Waals surface area contributed by atoms with Crippen molar-refractivity contribution in [3.05, 3.63) is 0 Å². The Balaban J connectivity index is 0. The third kappa shape index (κ3) is 24.6. The Morgan fingerprint density at radius 3 is 0.762 bits per heavy atom. The molecule has 0 aromatic carbocycles. The lowest BCUT2D eigenvalue weighted by Crippen LogP contribution is -2.37. The van der Waals surface area contributed by atoms with Crippen molar-refractivity contribution in [3.8, 4) is 0 Å². The average molecular weight is 616 g/mol. The van der Waals surface area contributed by atoms with Gasteiger partial charge in [-0.2, -0.15) is 0 Å². The smallest absolute Gasteiger partial charge is 0.304 e. The first-order valence-electron chi connectivity index (χ1n) is 13.9. The summed E-state index contributed by atoms with van der Waals surface area (Å²) in [6.07, 6.45) is 1.47. The van der Waals surface area contributed by atoms with Crippen LogP contribution in [-0.4, -0.2) is 189 Å². The van der Waals surface area contributed by atoms with Crippen LogP contribution in [-0.2, 0) is 14.4 Å². The molecule has 3 fully saturated rings. The van der Waals surface area contributed by atoms with Gasteiger partial charge < -0.3 is 65.8 Å². The maximum atomic E-state index is 9.90. The lowest BCUT2D eigenvalue weighted by molar-refractivity contribution is -0.138. The first kappa shape index (κ1) is 42.1. The van der Waals surface area contributed by atoms with Crippen LogP contribution in [0.5, 0.6) is 0 Å². The van der Waals surface area contributed by atoms with Gasteiger partial charge in [0, 0.05) is 64.3 Å². The van der Waals surface area contributed by atoms with E-state index in [0.717, 1.165) is 58.9 Å². The molecule has 250 valence electrons. The summed E-state index contributed by atoms with van der Waals surface area (Å²) in [4.78, 5) is 36.0. The van der Waals surface area contributed by atoms with Gasteiger partial charge in [0.15, 0.2) is 0 Å². The van der Waals surface area contributed by atoms with Crippen LogP contribution < -0.4 is 0 Å². The second kappa shape index (κ2) is 24.5. The third-order valence-corrected chi connectivity index (χ3v) is 6.64. The predicted molar refractivity (Wildman–Crippen MR) is 151 cm³/mol. The molecule has 0 unspecified atom stereocenters. The zero-order valence-corrected chi connectivity index (χ0v) is 24.7. The van der Waals surface area contributed by atoms with Gasteiger partial charge in [-0.3, -0.25) is 14.4 Å². The van der Waals surface area contributed by atoms with E-state index in [0.29, 0.717) is 25.7 Å². The fraction of sp³-hybridized carbons (Fsp3) is 0.885. The summed E-state index contributed by atoms with van der Waals surface area (Å²) >= 11 is 0. The minimum absolute atomic E-state index is 0.156. The van der Waals surface area contributed by atoms with Crippen molar-refractivity contribution in [2.75, 3.05) is 105 Å². The molecule has 42 heavy (non-hydrogen) atoms. The molecule has 16 nitrogen and oxygen atoms in total. The van der Waals surface area contributed by atoms with E-state index in [1.54, 1.807) is 0 Å². The molecular formula is C26H53N3O13. The standard InChI is InChI=1S/C6H14O3.3C5H9NO2.C5H12O4/c1-2-6(3-7,4-8)5-9;3*7-5(8)1-2-6-3-4-6;6-1-5(2-7,3-8)4-9/h7-9H,2-5H2,1H3;3*1-4H2,(H,7,8);6-9H,1-4H2. The molecule has 16 heteroatoms. The quantitative estimate of drug-likeness (QED) is 0.0716. The largest absolute Gasteiger partial charge is 0.481 e. The summed E-state index contributed by atoms with van der Waals surface area (Å²) in [5, 5.41) is 84.4. The Morgan fingerprint density at radius 1 is 0.476 bits per heavy atom. The fourth-order valence-corrected chi connectivity index (χ4v) is 2.43. The van der Waals surface area contributed by atoms with E-state index < -0.39 is 55.2 Å². The normalized spacial score (nSPS) is 15.7. The van der Waals surface area contributed by atoms with Gasteiger partial charge in [0.25, 0.3) is 0 Å². The molecule has 0 aromatic rings. The molecule has 0 aromatic heterocycles. The van der Waals surface area contributed by atoms with Crippen LogP contribution in [0.4, 0.5) is 0 Å². The Labute approximate surface area is 247 Å². The van der Waals surface area contributed by atoms with E-state index in [1.807, 2.05) is 6.92 Å². The number of aliphatic hydroxyl groups excluding tert-OH is 7. The van der Waals surface area contributed by atoms with E-state index >= 15 is 0 Å². The van der Waals surface area contributed by atoms with Crippen molar-refractivity contribution >= 4 is 17.9 Å². The van der Waals surface area contributed by atoms with E-state index in [4.69, 9.17) is 51.1 Å². The van der Waals surface area contributed by atoms with Crippen LogP contribution in [0.25, 0.3) is 0 Å². The lowest BCUT2D eigenvalue weighted by atomic mass is 9.88. The van der Waals surface area contributed by atoms with Crippen LogP contribution >= 0.6 is 0 Å². The molecule has 0 spiro atoms. The topological polar surface area (TPSA) is 263 Å². The third-order valence-electron chi connectivity index (χ3n) is 6.64. The summed E-state index contributed by atoms with van der Waals surface area (Å²) in [7, 11) is 0. The molecule has 0 atom stereocenters. The minimum Gasteiger partial charge on any atom is -0.481 e. The van der Waals surface area contributed by atoms with Crippen LogP contribution in [0.15, 0.2) is 0 Å². The van der Waals surface area contributed by atoms with Crippen molar-refractivity contribution in [2.45, 2.75) is 32.6 Å². The maximum Gasteiger partial charge on any atom is 0.304 e. The molecular weight excluding hydrogens is 562 g/mol. The molecule has 0 bridgehead atoms. The second-order valence-corrected chi connectivity index (χ2v) is 10.4. The zero-order valence-electron chi connectivity index (χ0n) is 24.7. The van der Waals surface area contributed by atoms with Gasteiger partial charge in [-0.25, -0.2) is 0 Å². The summed E-state index contributed by atoms with van der Waals surface area (Å²) < 4.78 is 0. The fourth-order valence-electron chi connectivity index (χ4n) is 2.43. The van der Waals surface area contributed by atoms with Gasteiger partial charge >= 0.3 is 17.9 Å². The summed E-state index contributed by atoms with van der Waals surface area (Å²) in [6, 6.07) is 0. The molecule has 0 saturated carbocycles. The van der Waals surface area contributed by atoms with Crippen LogP contribution in [0.1, 0.15) is 32.6 Å². The van der Waals surface area contributed by atoms with E-state index in [2.05, 4.69) is 14.7 Å². The van der Waals surface area contributed by atoms with E-state index in [-0.39, 0.29) is 19.8 Å². The van der Waals surface area contributed by atoms with Gasteiger partial charge in [-0.05, 0) is 6.42 Å². The number of carboxylic acids is 3. The van der Waals surface area contributed by atoms with Gasteiger partial charge in [0.1, 0.15) is 0 Å². The number of hydrogen-bond acceptors (Lipinski definition) is 13. The maximum absolute atomic E-state index is 9.90. The molecule has 0 radical (unpaired) electrons. The highest BCUT2D eigenvalue weighted by Gasteiger charge is 2.26. The summed E-state index contributed by atoms with van der Waals surface area (Å²) in [5.41, 5.74) is -1.78. The highest BCUT2D eigenvalue weighted by Crippen LogP contribution is 2.18. The molecule has 0 aliphatic carbocycles. The molecule has 3 aliphatic heterocycles. The molecule has 3 aliphatic rings. The highest BCUT2D eigenvalue weighted by atomic mass is 16.4. The predicted octanol–water partition coefficient (Wildman–Crippen LogP) is -3.37. The van der Waals surface area contributed by atoms with Crippen molar-refractivity contribution in [2.24, 2.45) is 10.8 Å². The number of nitrogens with zero attached hydrogens (tertiary/aromatic N) is 3. The molecule has 10 N–H and O–H groups in total. The molecule has 3 saturated heterocycles. The Bertz CT molecular complexity index is 593. The number of aliphatic hydroxyl groups is 7. The van der Waals surface area contributed by atoms with Gasteiger partial charge in [-0.1, -0.05) is 6.92 Å². The Morgan fingerprint density at radius 2 is 0.690 bits per heavy atom. The lowest BCUT2D eigenvalue weighted by Gasteiger charge is -2.24. The number of aliphatic carboxylic acids is 3. The first-order valence-corrected chi connectivity index (χ1v) is 13.9. The van der Waals surface area contributed by atoms with Crippen molar-refractivity contribution in [3.63, 3.8) is 0 Å².